The molecule has 1 saturated heterocycles. The highest BCUT2D eigenvalue weighted by molar-refractivity contribution is 7.80. The zero-order valence-electron chi connectivity index (χ0n) is 21.0. The van der Waals surface area contributed by atoms with Crippen LogP contribution in [0.25, 0.3) is 5.69 Å². The summed E-state index contributed by atoms with van der Waals surface area (Å²) in [4.78, 5) is 7.00. The first-order valence-corrected chi connectivity index (χ1v) is 12.7. The van der Waals surface area contributed by atoms with Crippen LogP contribution in [0.2, 0.25) is 0 Å². The van der Waals surface area contributed by atoms with Crippen molar-refractivity contribution < 1.29 is 0 Å². The third-order valence-electron chi connectivity index (χ3n) is 7.27. The molecule has 4 aromatic rings. The number of para-hydroxylation sites is 1. The molecule has 0 radical (unpaired) electrons. The summed E-state index contributed by atoms with van der Waals surface area (Å²) in [6.45, 7) is 10.9. The van der Waals surface area contributed by atoms with Crippen LogP contribution in [0, 0.1) is 27.7 Å². The molecule has 1 aliphatic rings. The first-order chi connectivity index (χ1) is 16.9. The van der Waals surface area contributed by atoms with E-state index in [2.05, 4.69) is 104 Å². The number of nitrogens with one attached hydrogen (secondary N) is 1. The van der Waals surface area contributed by atoms with Crippen LogP contribution in [0.4, 0.5) is 5.69 Å². The second-order valence-corrected chi connectivity index (χ2v) is 9.80. The van der Waals surface area contributed by atoms with Crippen molar-refractivity contribution in [3.8, 4) is 5.69 Å². The van der Waals surface area contributed by atoms with Crippen molar-refractivity contribution >= 4 is 23.0 Å². The molecule has 0 saturated carbocycles. The Morgan fingerprint density at radius 2 is 1.69 bits per heavy atom. The Balaban J connectivity index is 1.70. The highest BCUT2D eigenvalue weighted by Gasteiger charge is 2.42. The summed E-state index contributed by atoms with van der Waals surface area (Å²) in [6, 6.07) is 23.6. The minimum atomic E-state index is -0.0549. The van der Waals surface area contributed by atoms with Gasteiger partial charge in [0.05, 0.1) is 17.8 Å². The Kier molecular flexibility index (Phi) is 6.20. The van der Waals surface area contributed by atoms with E-state index in [4.69, 9.17) is 17.2 Å². The highest BCUT2D eigenvalue weighted by Crippen LogP contribution is 2.44. The van der Waals surface area contributed by atoms with Crippen LogP contribution in [-0.4, -0.2) is 14.7 Å². The number of nitrogens with zero attached hydrogens (tertiary/aromatic N) is 3. The lowest BCUT2D eigenvalue weighted by Gasteiger charge is -2.28. The van der Waals surface area contributed by atoms with Crippen molar-refractivity contribution in [2.75, 3.05) is 4.90 Å². The van der Waals surface area contributed by atoms with Gasteiger partial charge >= 0.3 is 0 Å². The summed E-state index contributed by atoms with van der Waals surface area (Å²) in [5, 5.41) is 4.33. The third kappa shape index (κ3) is 4.04. The second kappa shape index (κ2) is 9.31. The van der Waals surface area contributed by atoms with Gasteiger partial charge in [-0.2, -0.15) is 0 Å². The maximum absolute atomic E-state index is 5.95. The normalized spacial score (nSPS) is 17.6. The molecule has 5 rings (SSSR count). The van der Waals surface area contributed by atoms with Crippen LogP contribution >= 0.6 is 12.2 Å². The Bertz CT molecular complexity index is 1390. The van der Waals surface area contributed by atoms with Gasteiger partial charge in [0.15, 0.2) is 5.11 Å². The monoisotopic (exact) mass is 480 g/mol. The Morgan fingerprint density at radius 3 is 2.40 bits per heavy atom. The Morgan fingerprint density at radius 1 is 0.914 bits per heavy atom. The van der Waals surface area contributed by atoms with Gasteiger partial charge in [-0.3, -0.25) is 4.98 Å². The minimum absolute atomic E-state index is 0.0201. The molecule has 2 atom stereocenters. The molecule has 0 aliphatic carbocycles. The second-order valence-electron chi connectivity index (χ2n) is 9.41. The number of benzene rings is 2. The van der Waals surface area contributed by atoms with Crippen LogP contribution in [0.1, 0.15) is 58.3 Å². The molecule has 5 heteroatoms. The van der Waals surface area contributed by atoms with E-state index in [1.54, 1.807) is 0 Å². The van der Waals surface area contributed by atoms with Crippen LogP contribution < -0.4 is 10.2 Å². The van der Waals surface area contributed by atoms with E-state index in [0.717, 1.165) is 22.9 Å². The van der Waals surface area contributed by atoms with Crippen LogP contribution in [0.15, 0.2) is 72.9 Å². The average Bonchev–Trinajstić information content (AvgIpc) is 3.36. The van der Waals surface area contributed by atoms with Gasteiger partial charge in [-0.1, -0.05) is 37.3 Å². The van der Waals surface area contributed by atoms with Gasteiger partial charge in [-0.15, -0.1) is 0 Å². The molecule has 1 N–H and O–H groups in total. The fourth-order valence-electron chi connectivity index (χ4n) is 5.31. The number of anilines is 1. The molecule has 0 bridgehead atoms. The van der Waals surface area contributed by atoms with E-state index in [-0.39, 0.29) is 12.1 Å². The van der Waals surface area contributed by atoms with E-state index in [9.17, 15) is 0 Å². The fourth-order valence-corrected chi connectivity index (χ4v) is 5.66. The minimum Gasteiger partial charge on any atom is -0.351 e. The summed E-state index contributed by atoms with van der Waals surface area (Å²) in [7, 11) is 0. The summed E-state index contributed by atoms with van der Waals surface area (Å²) >= 11 is 5.95. The van der Waals surface area contributed by atoms with Gasteiger partial charge in [0.2, 0.25) is 0 Å². The van der Waals surface area contributed by atoms with Gasteiger partial charge in [-0.25, -0.2) is 0 Å². The lowest BCUT2D eigenvalue weighted by molar-refractivity contribution is 0.565. The van der Waals surface area contributed by atoms with E-state index >= 15 is 0 Å². The smallest absolute Gasteiger partial charge is 0.174 e. The van der Waals surface area contributed by atoms with Gasteiger partial charge in [0, 0.05) is 29.0 Å². The van der Waals surface area contributed by atoms with Crippen molar-refractivity contribution in [2.24, 2.45) is 0 Å². The van der Waals surface area contributed by atoms with Gasteiger partial charge in [-0.05, 0) is 105 Å². The zero-order chi connectivity index (χ0) is 24.7. The maximum atomic E-state index is 5.95. The number of hydrogen-bond acceptors (Lipinski definition) is 2. The first kappa shape index (κ1) is 23.3. The third-order valence-corrected chi connectivity index (χ3v) is 7.58. The van der Waals surface area contributed by atoms with E-state index in [1.807, 2.05) is 18.3 Å². The van der Waals surface area contributed by atoms with E-state index in [0.29, 0.717) is 0 Å². The van der Waals surface area contributed by atoms with E-state index in [1.165, 1.54) is 39.3 Å². The molecule has 2 aromatic carbocycles. The lowest BCUT2D eigenvalue weighted by Crippen LogP contribution is -2.29. The average molecular weight is 481 g/mol. The molecule has 2 aromatic heterocycles. The summed E-state index contributed by atoms with van der Waals surface area (Å²) < 4.78 is 2.39. The van der Waals surface area contributed by atoms with Crippen molar-refractivity contribution in [1.29, 1.82) is 0 Å². The van der Waals surface area contributed by atoms with Crippen molar-refractivity contribution in [3.05, 3.63) is 112 Å². The van der Waals surface area contributed by atoms with Gasteiger partial charge in [0.1, 0.15) is 0 Å². The van der Waals surface area contributed by atoms with Crippen molar-refractivity contribution in [1.82, 2.24) is 14.9 Å². The summed E-state index contributed by atoms with van der Waals surface area (Å²) in [5.74, 6) is 0. The SMILES string of the molecule is CCc1ccccc1-n1c(C)cc([C@@H]2[C@@H](c3ccccn3)NC(=S)N2c2ccc(C)c(C)c2)c1C. The topological polar surface area (TPSA) is 33.1 Å². The van der Waals surface area contributed by atoms with Crippen LogP contribution in [-0.2, 0) is 6.42 Å². The quantitative estimate of drug-likeness (QED) is 0.317. The number of hydrogen-bond donors (Lipinski definition) is 1. The van der Waals surface area contributed by atoms with Crippen LogP contribution in [0.3, 0.4) is 0 Å². The van der Waals surface area contributed by atoms with Crippen molar-refractivity contribution in [2.45, 2.75) is 53.1 Å². The largest absolute Gasteiger partial charge is 0.351 e. The Labute approximate surface area is 213 Å². The molecule has 0 unspecified atom stereocenters. The number of aryl methyl sites for hydroxylation is 4. The number of thiocarbonyl (C=S) groups is 1. The van der Waals surface area contributed by atoms with Crippen molar-refractivity contribution in [3.63, 3.8) is 0 Å². The molecule has 3 heterocycles. The molecular weight excluding hydrogens is 448 g/mol. The summed E-state index contributed by atoms with van der Waals surface area (Å²) in [6.07, 6.45) is 2.85. The molecule has 35 heavy (non-hydrogen) atoms. The number of rotatable bonds is 5. The first-order valence-electron chi connectivity index (χ1n) is 12.3. The fraction of sp³-hybridized carbons (Fsp3) is 0.267. The predicted octanol–water partition coefficient (Wildman–Crippen LogP) is 6.85. The molecular formula is C30H32N4S. The molecule has 0 amide bonds. The predicted molar refractivity (Wildman–Crippen MR) is 148 cm³/mol. The maximum Gasteiger partial charge on any atom is 0.174 e. The molecule has 1 fully saturated rings. The zero-order valence-corrected chi connectivity index (χ0v) is 21.9. The highest BCUT2D eigenvalue weighted by atomic mass is 32.1. The van der Waals surface area contributed by atoms with Crippen LogP contribution in [0.5, 0.6) is 0 Å². The van der Waals surface area contributed by atoms with Gasteiger partial charge in [0.25, 0.3) is 0 Å². The molecule has 0 spiro atoms. The number of pyridine rings is 1. The number of aromatic nitrogens is 2. The van der Waals surface area contributed by atoms with Gasteiger partial charge < -0.3 is 14.8 Å². The Hall–Kier alpha value is -3.44. The lowest BCUT2D eigenvalue weighted by atomic mass is 9.96. The van der Waals surface area contributed by atoms with E-state index < -0.39 is 0 Å². The molecule has 1 aliphatic heterocycles. The molecule has 4 nitrogen and oxygen atoms in total. The standard InChI is InChI=1S/C30H32N4S/c1-6-23-11-7-8-13-27(23)33-21(4)18-25(22(33)5)29-28(26-12-9-10-16-31-26)32-30(35)34(29)24-15-14-19(2)20(3)17-24/h7-18,28-29H,6H2,1-5H3,(H,32,35)/t28-,29-/m1/s1. The molecule has 178 valence electrons. The summed E-state index contributed by atoms with van der Waals surface area (Å²) in [5.41, 5.74) is 10.9.